The van der Waals surface area contributed by atoms with Crippen LogP contribution in [0.4, 0.5) is 0 Å². The Morgan fingerprint density at radius 1 is 1.29 bits per heavy atom. The molecule has 0 saturated carbocycles. The van der Waals surface area contributed by atoms with Crippen molar-refractivity contribution in [2.24, 2.45) is 5.92 Å². The highest BCUT2D eigenvalue weighted by Crippen LogP contribution is 2.38. The molecule has 28 heavy (non-hydrogen) atoms. The van der Waals surface area contributed by atoms with Crippen LogP contribution in [0.2, 0.25) is 0 Å². The Balaban J connectivity index is 1.58. The minimum Gasteiger partial charge on any atom is -0.508 e. The maximum absolute atomic E-state index is 12.0. The van der Waals surface area contributed by atoms with E-state index in [9.17, 15) is 9.90 Å². The van der Waals surface area contributed by atoms with Gasteiger partial charge in [0.2, 0.25) is 0 Å². The van der Waals surface area contributed by atoms with Crippen LogP contribution in [0.5, 0.6) is 0 Å². The van der Waals surface area contributed by atoms with E-state index < -0.39 is 0 Å². The number of benzene rings is 1. The smallest absolute Gasteiger partial charge is 0.163 e. The summed E-state index contributed by atoms with van der Waals surface area (Å²) in [5.74, 6) is 0.640. The van der Waals surface area contributed by atoms with Gasteiger partial charge in [-0.25, -0.2) is 0 Å². The third-order valence-electron chi connectivity index (χ3n) is 6.46. The predicted octanol–water partition coefficient (Wildman–Crippen LogP) is 5.28. The lowest BCUT2D eigenvalue weighted by Crippen LogP contribution is -2.34. The number of ketones is 1. The Morgan fingerprint density at radius 2 is 2.11 bits per heavy atom. The van der Waals surface area contributed by atoms with Gasteiger partial charge in [-0.05, 0) is 69.2 Å². The van der Waals surface area contributed by atoms with E-state index in [0.717, 1.165) is 50.6 Å². The number of para-hydroxylation sites is 1. The molecule has 0 amide bonds. The molecule has 1 aliphatic carbocycles. The van der Waals surface area contributed by atoms with Crippen molar-refractivity contribution in [1.82, 2.24) is 10.3 Å². The zero-order valence-electron chi connectivity index (χ0n) is 16.8. The maximum atomic E-state index is 12.0. The number of aliphatic hydroxyl groups is 1. The molecule has 0 bridgehead atoms. The fourth-order valence-corrected chi connectivity index (χ4v) is 5.05. The Kier molecular flexibility index (Phi) is 5.40. The van der Waals surface area contributed by atoms with Crippen molar-refractivity contribution in [3.63, 3.8) is 0 Å². The van der Waals surface area contributed by atoms with Gasteiger partial charge in [0, 0.05) is 16.6 Å². The summed E-state index contributed by atoms with van der Waals surface area (Å²) in [6.07, 6.45) is 7.51. The van der Waals surface area contributed by atoms with Gasteiger partial charge in [-0.1, -0.05) is 37.1 Å². The summed E-state index contributed by atoms with van der Waals surface area (Å²) < 4.78 is 0. The highest BCUT2D eigenvalue weighted by Gasteiger charge is 2.30. The van der Waals surface area contributed by atoms with Gasteiger partial charge >= 0.3 is 0 Å². The molecule has 1 aromatic carbocycles. The van der Waals surface area contributed by atoms with Gasteiger partial charge in [-0.2, -0.15) is 0 Å². The summed E-state index contributed by atoms with van der Waals surface area (Å²) in [5.41, 5.74) is 5.70. The van der Waals surface area contributed by atoms with Crippen molar-refractivity contribution >= 4 is 16.7 Å². The number of hydrogen-bond donors (Lipinski definition) is 3. The molecule has 0 radical (unpaired) electrons. The number of nitrogens with one attached hydrogen (secondary N) is 2. The average Bonchev–Trinajstić information content (AvgIpc) is 3.07. The molecule has 4 rings (SSSR count). The number of aliphatic hydroxyl groups excluding tert-OH is 1. The monoisotopic (exact) mass is 378 g/mol. The van der Waals surface area contributed by atoms with Crippen molar-refractivity contribution in [3.05, 3.63) is 58.5 Å². The van der Waals surface area contributed by atoms with Gasteiger partial charge in [-0.15, -0.1) is 0 Å². The summed E-state index contributed by atoms with van der Waals surface area (Å²) >= 11 is 0. The van der Waals surface area contributed by atoms with Crippen LogP contribution in [0.3, 0.4) is 0 Å². The van der Waals surface area contributed by atoms with E-state index in [4.69, 9.17) is 0 Å². The molecule has 0 fully saturated rings. The van der Waals surface area contributed by atoms with Gasteiger partial charge in [0.05, 0.1) is 11.6 Å². The van der Waals surface area contributed by atoms with Crippen molar-refractivity contribution in [2.75, 3.05) is 6.54 Å². The molecule has 3 N–H and O–H groups in total. The molecule has 2 unspecified atom stereocenters. The molecule has 0 spiro atoms. The second kappa shape index (κ2) is 7.96. The number of H-pyrrole nitrogens is 1. The average molecular weight is 379 g/mol. The quantitative estimate of drug-likeness (QED) is 0.640. The van der Waals surface area contributed by atoms with Crippen LogP contribution < -0.4 is 5.32 Å². The van der Waals surface area contributed by atoms with Crippen LogP contribution in [0, 0.1) is 5.92 Å². The molecule has 1 aromatic heterocycles. The first-order valence-electron chi connectivity index (χ1n) is 10.6. The number of rotatable bonds is 6. The normalized spacial score (nSPS) is 20.8. The molecular formula is C24H30N2O2. The SMILES string of the molecule is CCC(CCC1=C(C(C)=O)C(O)=CCC1)C1NCCc2c1[nH]c1ccccc21. The lowest BCUT2D eigenvalue weighted by Gasteiger charge is -2.32. The van der Waals surface area contributed by atoms with Gasteiger partial charge in [0.15, 0.2) is 5.78 Å². The summed E-state index contributed by atoms with van der Waals surface area (Å²) in [6.45, 7) is 4.81. The van der Waals surface area contributed by atoms with E-state index in [2.05, 4.69) is 41.5 Å². The second-order valence-corrected chi connectivity index (χ2v) is 8.11. The first-order valence-corrected chi connectivity index (χ1v) is 10.6. The minimum absolute atomic E-state index is 0.0230. The molecular weight excluding hydrogens is 348 g/mol. The Hall–Kier alpha value is -2.33. The first kappa shape index (κ1) is 19.0. The molecule has 148 valence electrons. The van der Waals surface area contributed by atoms with Crippen LogP contribution in [0.15, 0.2) is 47.2 Å². The summed E-state index contributed by atoms with van der Waals surface area (Å²) in [6, 6.07) is 8.89. The number of fused-ring (bicyclic) bond motifs is 3. The van der Waals surface area contributed by atoms with E-state index in [1.165, 1.54) is 22.2 Å². The molecule has 0 saturated heterocycles. The van der Waals surface area contributed by atoms with Crippen LogP contribution in [0.1, 0.15) is 63.3 Å². The molecule has 1 aliphatic heterocycles. The maximum Gasteiger partial charge on any atom is 0.163 e. The highest BCUT2D eigenvalue weighted by atomic mass is 16.3. The van der Waals surface area contributed by atoms with E-state index in [0.29, 0.717) is 17.5 Å². The van der Waals surface area contributed by atoms with E-state index >= 15 is 0 Å². The van der Waals surface area contributed by atoms with Crippen LogP contribution in [-0.4, -0.2) is 22.4 Å². The zero-order chi connectivity index (χ0) is 19.7. The van der Waals surface area contributed by atoms with Crippen molar-refractivity contribution in [1.29, 1.82) is 0 Å². The number of carbonyl (C=O) groups excluding carboxylic acids is 1. The Morgan fingerprint density at radius 3 is 2.89 bits per heavy atom. The van der Waals surface area contributed by atoms with Gasteiger partial charge < -0.3 is 15.4 Å². The summed E-state index contributed by atoms with van der Waals surface area (Å²) in [5, 5.41) is 15.2. The molecule has 2 aliphatic rings. The fourth-order valence-electron chi connectivity index (χ4n) is 5.05. The minimum atomic E-state index is -0.0230. The topological polar surface area (TPSA) is 65.1 Å². The largest absolute Gasteiger partial charge is 0.508 e. The summed E-state index contributed by atoms with van der Waals surface area (Å²) in [7, 11) is 0. The number of carbonyl (C=O) groups is 1. The van der Waals surface area contributed by atoms with Crippen molar-refractivity contribution < 1.29 is 9.90 Å². The molecule has 2 heterocycles. The third-order valence-corrected chi connectivity index (χ3v) is 6.46. The number of aromatic amines is 1. The predicted molar refractivity (Wildman–Crippen MR) is 113 cm³/mol. The van der Waals surface area contributed by atoms with Crippen LogP contribution in [0.25, 0.3) is 10.9 Å². The zero-order valence-corrected chi connectivity index (χ0v) is 16.8. The van der Waals surface area contributed by atoms with Crippen LogP contribution in [-0.2, 0) is 11.2 Å². The molecule has 2 aromatic rings. The first-order chi connectivity index (χ1) is 13.6. The fraction of sp³-hybridized carbons (Fsp3) is 0.458. The van der Waals surface area contributed by atoms with E-state index in [-0.39, 0.29) is 11.5 Å². The molecule has 4 heteroatoms. The van der Waals surface area contributed by atoms with Gasteiger partial charge in [0.1, 0.15) is 5.76 Å². The Bertz CT molecular complexity index is 951. The van der Waals surface area contributed by atoms with E-state index in [1.54, 1.807) is 13.0 Å². The standard InChI is InChI=1S/C24H30N2O2/c1-3-16(11-12-17-7-6-10-21(28)22(17)15(2)27)23-24-19(13-14-25-23)18-8-4-5-9-20(18)26-24/h4-5,8-10,16,23,25-26,28H,3,6-7,11-14H2,1-2H3. The summed E-state index contributed by atoms with van der Waals surface area (Å²) in [4.78, 5) is 15.7. The van der Waals surface area contributed by atoms with Gasteiger partial charge in [-0.3, -0.25) is 4.79 Å². The highest BCUT2D eigenvalue weighted by molar-refractivity contribution is 5.98. The lowest BCUT2D eigenvalue weighted by molar-refractivity contribution is -0.113. The van der Waals surface area contributed by atoms with Crippen molar-refractivity contribution in [3.8, 4) is 0 Å². The number of allylic oxidation sites excluding steroid dienone is 3. The molecule has 4 nitrogen and oxygen atoms in total. The number of Topliss-reactive ketones (excluding diaryl/α,β-unsaturated/α-hetero) is 1. The van der Waals surface area contributed by atoms with Gasteiger partial charge in [0.25, 0.3) is 0 Å². The number of aromatic nitrogens is 1. The van der Waals surface area contributed by atoms with Crippen molar-refractivity contribution in [2.45, 2.75) is 58.4 Å². The Labute approximate surface area is 166 Å². The third kappa shape index (κ3) is 3.42. The van der Waals surface area contributed by atoms with Crippen LogP contribution >= 0.6 is 0 Å². The number of hydrogen-bond acceptors (Lipinski definition) is 3. The second-order valence-electron chi connectivity index (χ2n) is 8.11. The van der Waals surface area contributed by atoms with E-state index in [1.807, 2.05) is 0 Å². The molecule has 2 atom stereocenters. The lowest BCUT2D eigenvalue weighted by atomic mass is 9.82.